The van der Waals surface area contributed by atoms with Crippen molar-refractivity contribution >= 4 is 40.4 Å². The minimum Gasteiger partial charge on any atom is -0.493 e. The normalized spacial score (nSPS) is 18.1. The van der Waals surface area contributed by atoms with Crippen LogP contribution in [0.3, 0.4) is 0 Å². The maximum Gasteiger partial charge on any atom is 0.224 e. The van der Waals surface area contributed by atoms with Gasteiger partial charge in [-0.15, -0.1) is 0 Å². The van der Waals surface area contributed by atoms with Gasteiger partial charge >= 0.3 is 0 Å². The van der Waals surface area contributed by atoms with E-state index in [-0.39, 0.29) is 17.2 Å². The number of rotatable bonds is 8. The number of hydrazine groups is 1. The van der Waals surface area contributed by atoms with Gasteiger partial charge in [-0.1, -0.05) is 11.6 Å². The molecule has 2 aromatic carbocycles. The number of nitrogens with zero attached hydrogens (tertiary/aromatic N) is 4. The van der Waals surface area contributed by atoms with Gasteiger partial charge in [-0.2, -0.15) is 0 Å². The van der Waals surface area contributed by atoms with Crippen LogP contribution in [-0.2, 0) is 4.79 Å². The van der Waals surface area contributed by atoms with Crippen molar-refractivity contribution in [2.75, 3.05) is 26.5 Å². The smallest absolute Gasteiger partial charge is 0.224 e. The van der Waals surface area contributed by atoms with Crippen LogP contribution in [0, 0.1) is 5.82 Å². The lowest BCUT2D eigenvalue weighted by molar-refractivity contribution is -0.137. The van der Waals surface area contributed by atoms with Gasteiger partial charge in [-0.25, -0.2) is 19.4 Å². The number of methoxy groups -OCH3 is 1. The van der Waals surface area contributed by atoms with Gasteiger partial charge < -0.3 is 14.8 Å². The van der Waals surface area contributed by atoms with Gasteiger partial charge in [0.1, 0.15) is 18.0 Å². The molecule has 0 unspecified atom stereocenters. The first-order valence-electron chi connectivity index (χ1n) is 11.0. The molecule has 3 aromatic rings. The predicted octanol–water partition coefficient (Wildman–Crippen LogP) is 4.80. The van der Waals surface area contributed by atoms with Crippen LogP contribution < -0.4 is 14.8 Å². The quantitative estimate of drug-likeness (QED) is 0.361. The second-order valence-corrected chi connectivity index (χ2v) is 8.78. The Morgan fingerprint density at radius 1 is 1.12 bits per heavy atom. The largest absolute Gasteiger partial charge is 0.493 e. The van der Waals surface area contributed by atoms with E-state index >= 15 is 0 Å². The Morgan fingerprint density at radius 3 is 2.53 bits per heavy atom. The summed E-state index contributed by atoms with van der Waals surface area (Å²) in [5.41, 5.74) is 1.27. The maximum atomic E-state index is 13.5. The zero-order valence-electron chi connectivity index (χ0n) is 19.3. The van der Waals surface area contributed by atoms with Crippen molar-refractivity contribution in [3.8, 4) is 11.5 Å². The molecule has 34 heavy (non-hydrogen) atoms. The van der Waals surface area contributed by atoms with Gasteiger partial charge in [0, 0.05) is 37.3 Å². The number of ether oxygens (including phenoxy) is 2. The molecule has 0 radical (unpaired) electrons. The van der Waals surface area contributed by atoms with Gasteiger partial charge in [-0.05, 0) is 49.9 Å². The molecule has 1 heterocycles. The summed E-state index contributed by atoms with van der Waals surface area (Å²) in [7, 11) is 5.32. The number of hydrogen-bond donors (Lipinski definition) is 1. The van der Waals surface area contributed by atoms with Gasteiger partial charge in [0.15, 0.2) is 11.5 Å². The second kappa shape index (κ2) is 10.4. The van der Waals surface area contributed by atoms with E-state index in [1.54, 1.807) is 24.3 Å². The van der Waals surface area contributed by atoms with E-state index in [9.17, 15) is 9.18 Å². The van der Waals surface area contributed by atoms with Crippen LogP contribution in [0.2, 0.25) is 5.02 Å². The zero-order chi connectivity index (χ0) is 24.2. The molecule has 4 rings (SSSR count). The number of anilines is 2. The summed E-state index contributed by atoms with van der Waals surface area (Å²) in [5.74, 6) is 1.22. The molecular weight excluding hydrogens is 461 g/mol. The standard InChI is InChI=1S/C24H27ClFN5O3/c1-30(2)31(14-32)16-5-7-17(8-6-16)34-23-11-18-21(12-22(23)33-3)27-13-28-24(18)29-15-4-9-20(26)19(25)10-15/h4,9-14,16-17H,5-8H2,1-3H3,(H,27,28,29). The molecule has 0 spiro atoms. The first-order valence-corrected chi connectivity index (χ1v) is 11.4. The summed E-state index contributed by atoms with van der Waals surface area (Å²) in [4.78, 5) is 20.1. The molecular formula is C24H27ClFN5O3. The molecule has 0 atom stereocenters. The Morgan fingerprint density at radius 2 is 1.88 bits per heavy atom. The number of carbonyl (C=O) groups excluding carboxylic acids is 1. The maximum absolute atomic E-state index is 13.5. The molecule has 1 aliphatic rings. The SMILES string of the molecule is COc1cc2ncnc(Nc3ccc(F)c(Cl)c3)c2cc1OC1CCC(N(C=O)N(C)C)CC1. The number of halogens is 2. The Balaban J connectivity index is 1.56. The lowest BCUT2D eigenvalue weighted by atomic mass is 9.92. The fourth-order valence-electron chi connectivity index (χ4n) is 4.24. The first kappa shape index (κ1) is 24.0. The first-order chi connectivity index (χ1) is 16.4. The van der Waals surface area contributed by atoms with Crippen LogP contribution in [-0.4, -0.2) is 59.7 Å². The summed E-state index contributed by atoms with van der Waals surface area (Å²) in [5, 5.41) is 7.47. The number of benzene rings is 2. The molecule has 8 nitrogen and oxygen atoms in total. The summed E-state index contributed by atoms with van der Waals surface area (Å²) in [6.45, 7) is 0. The Labute approximate surface area is 202 Å². The molecule has 10 heteroatoms. The van der Waals surface area contributed by atoms with Crippen LogP contribution >= 0.6 is 11.6 Å². The van der Waals surface area contributed by atoms with E-state index in [1.807, 2.05) is 25.2 Å². The Bertz CT molecular complexity index is 1170. The third kappa shape index (κ3) is 5.15. The molecule has 1 fully saturated rings. The fraction of sp³-hybridized carbons (Fsp3) is 0.375. The van der Waals surface area contributed by atoms with E-state index in [2.05, 4.69) is 15.3 Å². The van der Waals surface area contributed by atoms with Crippen molar-refractivity contribution < 1.29 is 18.7 Å². The minimum atomic E-state index is -0.489. The van der Waals surface area contributed by atoms with Gasteiger partial charge in [-0.3, -0.25) is 9.80 Å². The summed E-state index contributed by atoms with van der Waals surface area (Å²) < 4.78 is 25.5. The highest BCUT2D eigenvalue weighted by molar-refractivity contribution is 6.31. The fourth-order valence-corrected chi connectivity index (χ4v) is 4.42. The third-order valence-corrected chi connectivity index (χ3v) is 6.27. The number of aromatic nitrogens is 2. The van der Waals surface area contributed by atoms with Crippen molar-refractivity contribution in [2.45, 2.75) is 37.8 Å². The number of carbonyl (C=O) groups is 1. The van der Waals surface area contributed by atoms with Crippen LogP contribution in [0.1, 0.15) is 25.7 Å². The number of nitrogens with one attached hydrogen (secondary N) is 1. The third-order valence-electron chi connectivity index (χ3n) is 5.98. The summed E-state index contributed by atoms with van der Waals surface area (Å²) in [6.07, 6.45) is 5.64. The highest BCUT2D eigenvalue weighted by Gasteiger charge is 2.28. The number of amides is 1. The van der Waals surface area contributed by atoms with E-state index in [0.29, 0.717) is 28.5 Å². The van der Waals surface area contributed by atoms with Crippen LogP contribution in [0.5, 0.6) is 11.5 Å². The highest BCUT2D eigenvalue weighted by atomic mass is 35.5. The van der Waals surface area contributed by atoms with Crippen molar-refractivity contribution in [3.05, 3.63) is 47.5 Å². The van der Waals surface area contributed by atoms with Gasteiger partial charge in [0.05, 0.1) is 23.8 Å². The lowest BCUT2D eigenvalue weighted by Crippen LogP contribution is -2.46. The molecule has 1 saturated carbocycles. The van der Waals surface area contributed by atoms with Gasteiger partial charge in [0.25, 0.3) is 0 Å². The van der Waals surface area contributed by atoms with E-state index in [0.717, 1.165) is 37.5 Å². The monoisotopic (exact) mass is 487 g/mol. The average molecular weight is 488 g/mol. The van der Waals surface area contributed by atoms with Crippen LogP contribution in [0.25, 0.3) is 10.9 Å². The van der Waals surface area contributed by atoms with E-state index in [1.165, 1.54) is 18.5 Å². The molecule has 1 N–H and O–H groups in total. The van der Waals surface area contributed by atoms with Crippen LogP contribution in [0.4, 0.5) is 15.9 Å². The van der Waals surface area contributed by atoms with E-state index < -0.39 is 5.82 Å². The van der Waals surface area contributed by atoms with Crippen molar-refractivity contribution in [3.63, 3.8) is 0 Å². The molecule has 1 aliphatic carbocycles. The minimum absolute atomic E-state index is 0.00444. The molecule has 180 valence electrons. The van der Waals surface area contributed by atoms with Gasteiger partial charge in [0.2, 0.25) is 6.41 Å². The molecule has 0 bridgehead atoms. The summed E-state index contributed by atoms with van der Waals surface area (Å²) in [6, 6.07) is 8.21. The van der Waals surface area contributed by atoms with Crippen LogP contribution in [0.15, 0.2) is 36.7 Å². The van der Waals surface area contributed by atoms with E-state index in [4.69, 9.17) is 21.1 Å². The average Bonchev–Trinajstić information content (AvgIpc) is 2.82. The topological polar surface area (TPSA) is 79.8 Å². The number of fused-ring (bicyclic) bond motifs is 1. The Hall–Kier alpha value is -3.17. The summed E-state index contributed by atoms with van der Waals surface area (Å²) >= 11 is 5.92. The molecule has 0 aliphatic heterocycles. The predicted molar refractivity (Wildman–Crippen MR) is 129 cm³/mol. The highest BCUT2D eigenvalue weighted by Crippen LogP contribution is 2.37. The second-order valence-electron chi connectivity index (χ2n) is 8.38. The lowest BCUT2D eigenvalue weighted by Gasteiger charge is -2.37. The Kier molecular flexibility index (Phi) is 7.33. The molecule has 1 amide bonds. The molecule has 0 saturated heterocycles. The van der Waals surface area contributed by atoms with Crippen molar-refractivity contribution in [1.82, 2.24) is 20.0 Å². The van der Waals surface area contributed by atoms with Crippen molar-refractivity contribution in [2.24, 2.45) is 0 Å². The molecule has 1 aromatic heterocycles. The number of hydrogen-bond acceptors (Lipinski definition) is 7. The zero-order valence-corrected chi connectivity index (χ0v) is 20.1. The van der Waals surface area contributed by atoms with Crippen molar-refractivity contribution in [1.29, 1.82) is 0 Å².